The number of aryl methyl sites for hydroxylation is 2. The van der Waals surface area contributed by atoms with Crippen molar-refractivity contribution >= 4 is 0 Å². The van der Waals surface area contributed by atoms with Crippen LogP contribution in [0.4, 0.5) is 0 Å². The van der Waals surface area contributed by atoms with E-state index in [2.05, 4.69) is 17.2 Å². The van der Waals surface area contributed by atoms with E-state index in [4.69, 9.17) is 10.5 Å². The monoisotopic (exact) mass is 260 g/mol. The van der Waals surface area contributed by atoms with Gasteiger partial charge in [0.05, 0.1) is 25.0 Å². The second-order valence-corrected chi connectivity index (χ2v) is 4.59. The van der Waals surface area contributed by atoms with Crippen molar-refractivity contribution in [3.63, 3.8) is 0 Å². The summed E-state index contributed by atoms with van der Waals surface area (Å²) in [5, 5.41) is 8.02. The van der Waals surface area contributed by atoms with Crippen LogP contribution in [0.2, 0.25) is 0 Å². The molecule has 0 saturated heterocycles. The molecule has 0 aliphatic rings. The van der Waals surface area contributed by atoms with Crippen molar-refractivity contribution < 1.29 is 4.74 Å². The van der Waals surface area contributed by atoms with Gasteiger partial charge in [0.15, 0.2) is 0 Å². The minimum Gasteiger partial charge on any atom is -0.496 e. The lowest BCUT2D eigenvalue weighted by atomic mass is 10.0. The minimum absolute atomic E-state index is 0.217. The number of aromatic nitrogens is 3. The molecule has 1 atom stereocenters. The first-order valence-corrected chi connectivity index (χ1v) is 6.45. The van der Waals surface area contributed by atoms with Gasteiger partial charge in [-0.2, -0.15) is 0 Å². The third-order valence-electron chi connectivity index (χ3n) is 3.18. The first kappa shape index (κ1) is 13.5. The second kappa shape index (κ2) is 5.84. The van der Waals surface area contributed by atoms with Crippen LogP contribution in [0.3, 0.4) is 0 Å². The number of methoxy groups -OCH3 is 1. The van der Waals surface area contributed by atoms with Crippen LogP contribution >= 0.6 is 0 Å². The zero-order chi connectivity index (χ0) is 13.8. The summed E-state index contributed by atoms with van der Waals surface area (Å²) in [5.41, 5.74) is 9.36. The van der Waals surface area contributed by atoms with Crippen molar-refractivity contribution in [3.05, 3.63) is 41.2 Å². The average molecular weight is 260 g/mol. The molecule has 5 nitrogen and oxygen atoms in total. The Bertz CT molecular complexity index is 550. The van der Waals surface area contributed by atoms with Crippen molar-refractivity contribution in [1.29, 1.82) is 0 Å². The van der Waals surface area contributed by atoms with Gasteiger partial charge in [0.25, 0.3) is 0 Å². The first-order chi connectivity index (χ1) is 9.17. The van der Waals surface area contributed by atoms with Crippen molar-refractivity contribution in [3.8, 4) is 5.75 Å². The number of benzene rings is 1. The van der Waals surface area contributed by atoms with Crippen LogP contribution in [0, 0.1) is 6.92 Å². The molecule has 2 aromatic rings. The highest BCUT2D eigenvalue weighted by Crippen LogP contribution is 2.24. The Kier molecular flexibility index (Phi) is 4.16. The van der Waals surface area contributed by atoms with Gasteiger partial charge in [-0.15, -0.1) is 5.10 Å². The maximum Gasteiger partial charge on any atom is 0.121 e. The predicted octanol–water partition coefficient (Wildman–Crippen LogP) is 2.05. The summed E-state index contributed by atoms with van der Waals surface area (Å²) in [6, 6.07) is 5.76. The Balaban J connectivity index is 2.30. The average Bonchev–Trinajstić information content (AvgIpc) is 2.86. The van der Waals surface area contributed by atoms with E-state index in [9.17, 15) is 0 Å². The van der Waals surface area contributed by atoms with Crippen LogP contribution < -0.4 is 10.5 Å². The molecule has 0 amide bonds. The highest BCUT2D eigenvalue weighted by Gasteiger charge is 2.15. The van der Waals surface area contributed by atoms with Gasteiger partial charge in [-0.25, -0.2) is 4.68 Å². The highest BCUT2D eigenvalue weighted by atomic mass is 16.5. The van der Waals surface area contributed by atoms with Gasteiger partial charge in [0.1, 0.15) is 5.75 Å². The summed E-state index contributed by atoms with van der Waals surface area (Å²) < 4.78 is 7.13. The van der Waals surface area contributed by atoms with Crippen molar-refractivity contribution in [2.24, 2.45) is 5.73 Å². The van der Waals surface area contributed by atoms with Crippen LogP contribution in [0.1, 0.15) is 36.2 Å². The van der Waals surface area contributed by atoms with E-state index in [0.29, 0.717) is 0 Å². The lowest BCUT2D eigenvalue weighted by Crippen LogP contribution is -2.17. The van der Waals surface area contributed by atoms with Gasteiger partial charge >= 0.3 is 0 Å². The number of hydrogen-bond acceptors (Lipinski definition) is 4. The van der Waals surface area contributed by atoms with Crippen molar-refractivity contribution in [2.75, 3.05) is 7.11 Å². The number of ether oxygens (including phenoxy) is 1. The minimum atomic E-state index is -0.217. The molecule has 2 N–H and O–H groups in total. The van der Waals surface area contributed by atoms with Gasteiger partial charge < -0.3 is 10.5 Å². The topological polar surface area (TPSA) is 66.0 Å². The van der Waals surface area contributed by atoms with E-state index in [1.165, 1.54) is 0 Å². The van der Waals surface area contributed by atoms with Gasteiger partial charge in [-0.05, 0) is 30.5 Å². The fourth-order valence-corrected chi connectivity index (χ4v) is 2.16. The van der Waals surface area contributed by atoms with E-state index < -0.39 is 0 Å². The third-order valence-corrected chi connectivity index (χ3v) is 3.18. The molecule has 0 aliphatic carbocycles. The molecule has 5 heteroatoms. The van der Waals surface area contributed by atoms with Crippen molar-refractivity contribution in [2.45, 2.75) is 32.9 Å². The molecule has 19 heavy (non-hydrogen) atoms. The zero-order valence-corrected chi connectivity index (χ0v) is 11.6. The highest BCUT2D eigenvalue weighted by molar-refractivity contribution is 5.39. The Morgan fingerprint density at radius 2 is 2.21 bits per heavy atom. The molecule has 1 aromatic heterocycles. The van der Waals surface area contributed by atoms with E-state index in [-0.39, 0.29) is 6.04 Å². The standard InChI is InChI=1S/C14H20N4O/c1-4-7-18-12(9-16-17-18)14(15)11-5-6-13(19-3)10(2)8-11/h5-6,8-9,14H,4,7,15H2,1-3H3. The Labute approximate surface area is 113 Å². The van der Waals surface area contributed by atoms with E-state index in [1.54, 1.807) is 13.3 Å². The van der Waals surface area contributed by atoms with Crippen LogP contribution in [-0.4, -0.2) is 22.1 Å². The second-order valence-electron chi connectivity index (χ2n) is 4.59. The summed E-state index contributed by atoms with van der Waals surface area (Å²) in [6.07, 6.45) is 2.74. The number of rotatable bonds is 5. The van der Waals surface area contributed by atoms with E-state index in [1.807, 2.05) is 29.8 Å². The molecule has 0 bridgehead atoms. The summed E-state index contributed by atoms with van der Waals surface area (Å²) in [5.74, 6) is 0.871. The molecule has 0 spiro atoms. The maximum absolute atomic E-state index is 6.31. The number of hydrogen-bond donors (Lipinski definition) is 1. The molecule has 102 valence electrons. The zero-order valence-electron chi connectivity index (χ0n) is 11.6. The number of nitrogens with zero attached hydrogens (tertiary/aromatic N) is 3. The maximum atomic E-state index is 6.31. The molecule has 0 saturated carbocycles. The van der Waals surface area contributed by atoms with E-state index >= 15 is 0 Å². The number of nitrogens with two attached hydrogens (primary N) is 1. The Morgan fingerprint density at radius 1 is 1.42 bits per heavy atom. The molecule has 1 unspecified atom stereocenters. The predicted molar refractivity (Wildman–Crippen MR) is 74.1 cm³/mol. The lowest BCUT2D eigenvalue weighted by molar-refractivity contribution is 0.411. The molecular weight excluding hydrogens is 240 g/mol. The summed E-state index contributed by atoms with van der Waals surface area (Å²) in [4.78, 5) is 0. The van der Waals surface area contributed by atoms with Gasteiger partial charge in [-0.1, -0.05) is 24.3 Å². The van der Waals surface area contributed by atoms with E-state index in [0.717, 1.165) is 35.5 Å². The third kappa shape index (κ3) is 2.76. The van der Waals surface area contributed by atoms with Crippen molar-refractivity contribution in [1.82, 2.24) is 15.0 Å². The van der Waals surface area contributed by atoms with Crippen LogP contribution in [0.5, 0.6) is 5.75 Å². The quantitative estimate of drug-likeness (QED) is 0.893. The summed E-state index contributed by atoms with van der Waals surface area (Å²) in [7, 11) is 1.67. The first-order valence-electron chi connectivity index (χ1n) is 6.45. The largest absolute Gasteiger partial charge is 0.496 e. The molecule has 1 heterocycles. The molecule has 2 rings (SSSR count). The van der Waals surface area contributed by atoms with Gasteiger partial charge in [-0.3, -0.25) is 0 Å². The van der Waals surface area contributed by atoms with Crippen LogP contribution in [0.15, 0.2) is 24.4 Å². The smallest absolute Gasteiger partial charge is 0.121 e. The van der Waals surface area contributed by atoms with Crippen LogP contribution in [0.25, 0.3) is 0 Å². The Morgan fingerprint density at radius 3 is 2.84 bits per heavy atom. The fraction of sp³-hybridized carbons (Fsp3) is 0.429. The molecule has 0 aliphatic heterocycles. The summed E-state index contributed by atoms with van der Waals surface area (Å²) in [6.45, 7) is 4.95. The molecule has 1 aromatic carbocycles. The van der Waals surface area contributed by atoms with Gasteiger partial charge in [0, 0.05) is 6.54 Å². The Hall–Kier alpha value is -1.88. The molecule has 0 fully saturated rings. The van der Waals surface area contributed by atoms with Crippen LogP contribution in [-0.2, 0) is 6.54 Å². The normalized spacial score (nSPS) is 12.4. The lowest BCUT2D eigenvalue weighted by Gasteiger charge is -2.15. The SMILES string of the molecule is CCCn1nncc1C(N)c1ccc(OC)c(C)c1. The molecule has 0 radical (unpaired) electrons. The summed E-state index contributed by atoms with van der Waals surface area (Å²) >= 11 is 0. The van der Waals surface area contributed by atoms with Gasteiger partial charge in [0.2, 0.25) is 0 Å². The fourth-order valence-electron chi connectivity index (χ4n) is 2.16. The molecular formula is C14H20N4O.